The zero-order valence-corrected chi connectivity index (χ0v) is 18.6. The number of hydrogen-bond acceptors (Lipinski definition) is 3. The van der Waals surface area contributed by atoms with Crippen LogP contribution in [0.25, 0.3) is 0 Å². The summed E-state index contributed by atoms with van der Waals surface area (Å²) >= 11 is 0. The largest absolute Gasteiger partial charge is 0.490 e. The van der Waals surface area contributed by atoms with Crippen LogP contribution in [0.5, 0.6) is 11.5 Å². The molecule has 3 nitrogen and oxygen atoms in total. The predicted octanol–water partition coefficient (Wildman–Crippen LogP) is 7.85. The Hall–Kier alpha value is -1.48. The van der Waals surface area contributed by atoms with Crippen molar-refractivity contribution in [1.82, 2.24) is 0 Å². The van der Waals surface area contributed by atoms with Crippen molar-refractivity contribution in [2.45, 2.75) is 103 Å². The first-order chi connectivity index (χ1) is 14.3. The zero-order valence-electron chi connectivity index (χ0n) is 18.6. The summed E-state index contributed by atoms with van der Waals surface area (Å²) in [6.45, 7) is 6.05. The van der Waals surface area contributed by atoms with E-state index in [9.17, 15) is 0 Å². The van der Waals surface area contributed by atoms with Gasteiger partial charge >= 0.3 is 0 Å². The summed E-state index contributed by atoms with van der Waals surface area (Å²) in [5, 5.41) is 0. The molecule has 29 heavy (non-hydrogen) atoms. The summed E-state index contributed by atoms with van der Waals surface area (Å²) in [5.74, 6) is 1.79. The minimum Gasteiger partial charge on any atom is -0.490 e. The number of fused-ring (bicyclic) bond motifs is 5. The fourth-order valence-electron chi connectivity index (χ4n) is 4.24. The Morgan fingerprint density at radius 2 is 1.03 bits per heavy atom. The van der Waals surface area contributed by atoms with Crippen LogP contribution in [0, 0.1) is 0 Å². The van der Waals surface area contributed by atoms with Crippen molar-refractivity contribution in [3.05, 3.63) is 35.4 Å². The van der Waals surface area contributed by atoms with Gasteiger partial charge in [0.05, 0.1) is 13.2 Å². The molecule has 0 spiro atoms. The Labute approximate surface area is 177 Å². The van der Waals surface area contributed by atoms with E-state index >= 15 is 0 Å². The van der Waals surface area contributed by atoms with Crippen LogP contribution in [-0.4, -0.2) is 13.2 Å². The molecule has 1 aromatic rings. The number of unbranched alkanes of at least 4 members (excludes halogenated alkanes) is 10. The van der Waals surface area contributed by atoms with Gasteiger partial charge in [0.25, 0.3) is 0 Å². The fourth-order valence-corrected chi connectivity index (χ4v) is 4.24. The highest BCUT2D eigenvalue weighted by molar-refractivity contribution is 5.54. The van der Waals surface area contributed by atoms with Crippen LogP contribution < -0.4 is 9.47 Å². The standard InChI is InChI=1S/C26H40O3/c1-3-5-7-9-11-13-17-27-25-19-21-22(24-16-15-23(21)29-24)20-26(25)28-18-14-12-10-8-6-4-2/h15-16,19-20,23-24H,3-14,17-18H2,1-2H3. The highest BCUT2D eigenvalue weighted by Crippen LogP contribution is 2.49. The van der Waals surface area contributed by atoms with E-state index in [1.807, 2.05) is 0 Å². The smallest absolute Gasteiger partial charge is 0.161 e. The van der Waals surface area contributed by atoms with Crippen molar-refractivity contribution in [2.24, 2.45) is 0 Å². The summed E-state index contributed by atoms with van der Waals surface area (Å²) in [6.07, 6.45) is 19.8. The van der Waals surface area contributed by atoms with Crippen LogP contribution in [0.1, 0.15) is 114 Å². The first kappa shape index (κ1) is 22.2. The number of ether oxygens (including phenoxy) is 3. The molecular formula is C26H40O3. The molecule has 162 valence electrons. The molecule has 3 heteroatoms. The molecule has 1 aromatic carbocycles. The lowest BCUT2D eigenvalue weighted by Gasteiger charge is -2.17. The molecule has 3 rings (SSSR count). The molecular weight excluding hydrogens is 360 g/mol. The van der Waals surface area contributed by atoms with E-state index < -0.39 is 0 Å². The second kappa shape index (κ2) is 12.3. The average molecular weight is 401 g/mol. The third-order valence-corrected chi connectivity index (χ3v) is 6.03. The van der Waals surface area contributed by atoms with Gasteiger partial charge in [-0.2, -0.15) is 0 Å². The molecule has 2 aliphatic heterocycles. The summed E-state index contributed by atoms with van der Waals surface area (Å²) in [7, 11) is 0. The molecule has 2 atom stereocenters. The highest BCUT2D eigenvalue weighted by atomic mass is 16.5. The van der Waals surface area contributed by atoms with Crippen molar-refractivity contribution in [2.75, 3.05) is 13.2 Å². The average Bonchev–Trinajstić information content (AvgIpc) is 3.34. The Kier molecular flexibility index (Phi) is 9.40. The maximum absolute atomic E-state index is 6.18. The molecule has 0 fully saturated rings. The van der Waals surface area contributed by atoms with Gasteiger partial charge in [-0.25, -0.2) is 0 Å². The van der Waals surface area contributed by atoms with Crippen molar-refractivity contribution in [1.29, 1.82) is 0 Å². The predicted molar refractivity (Wildman–Crippen MR) is 120 cm³/mol. The SMILES string of the molecule is CCCCCCCCOc1cc2c(cc1OCCCCCCCC)C1C=CC2O1. The van der Waals surface area contributed by atoms with E-state index in [0.29, 0.717) is 0 Å². The normalized spacial score (nSPS) is 19.0. The molecule has 0 saturated carbocycles. The molecule has 0 saturated heterocycles. The molecule has 2 bridgehead atoms. The van der Waals surface area contributed by atoms with Crippen LogP contribution in [0.15, 0.2) is 24.3 Å². The van der Waals surface area contributed by atoms with Crippen molar-refractivity contribution >= 4 is 0 Å². The lowest BCUT2D eigenvalue weighted by Crippen LogP contribution is -2.05. The van der Waals surface area contributed by atoms with Crippen LogP contribution in [0.4, 0.5) is 0 Å². The van der Waals surface area contributed by atoms with Crippen LogP contribution in [0.3, 0.4) is 0 Å². The second-order valence-corrected chi connectivity index (χ2v) is 8.52. The first-order valence-corrected chi connectivity index (χ1v) is 12.1. The highest BCUT2D eigenvalue weighted by Gasteiger charge is 2.35. The van der Waals surface area contributed by atoms with E-state index in [-0.39, 0.29) is 12.2 Å². The zero-order chi connectivity index (χ0) is 20.3. The van der Waals surface area contributed by atoms with Crippen LogP contribution >= 0.6 is 0 Å². The molecule has 2 heterocycles. The Bertz CT molecular complexity index is 584. The monoisotopic (exact) mass is 400 g/mol. The molecule has 2 unspecified atom stereocenters. The third kappa shape index (κ3) is 6.50. The number of rotatable bonds is 16. The van der Waals surface area contributed by atoms with Gasteiger partial charge < -0.3 is 14.2 Å². The van der Waals surface area contributed by atoms with E-state index in [4.69, 9.17) is 14.2 Å². The maximum Gasteiger partial charge on any atom is 0.161 e. The quantitative estimate of drug-likeness (QED) is 0.209. The van der Waals surface area contributed by atoms with Gasteiger partial charge in [0.2, 0.25) is 0 Å². The van der Waals surface area contributed by atoms with Crippen molar-refractivity contribution in [3.8, 4) is 11.5 Å². The topological polar surface area (TPSA) is 27.7 Å². The maximum atomic E-state index is 6.18. The summed E-state index contributed by atoms with van der Waals surface area (Å²) in [5.41, 5.74) is 2.50. The number of hydrogen-bond donors (Lipinski definition) is 0. The Morgan fingerprint density at radius 3 is 1.48 bits per heavy atom. The van der Waals surface area contributed by atoms with Gasteiger partial charge in [0, 0.05) is 0 Å². The molecule has 0 radical (unpaired) electrons. The van der Waals surface area contributed by atoms with Crippen molar-refractivity contribution < 1.29 is 14.2 Å². The lowest BCUT2D eigenvalue weighted by atomic mass is 9.96. The minimum absolute atomic E-state index is 0.0963. The van der Waals surface area contributed by atoms with Gasteiger partial charge in [-0.05, 0) is 36.1 Å². The van der Waals surface area contributed by atoms with Gasteiger partial charge in [0.15, 0.2) is 11.5 Å². The Morgan fingerprint density at radius 1 is 0.621 bits per heavy atom. The summed E-state index contributed by atoms with van der Waals surface area (Å²) in [6, 6.07) is 4.33. The molecule has 0 amide bonds. The summed E-state index contributed by atoms with van der Waals surface area (Å²) < 4.78 is 18.4. The van der Waals surface area contributed by atoms with Gasteiger partial charge in [-0.3, -0.25) is 0 Å². The Balaban J connectivity index is 1.49. The summed E-state index contributed by atoms with van der Waals surface area (Å²) in [4.78, 5) is 0. The lowest BCUT2D eigenvalue weighted by molar-refractivity contribution is 0.0878. The van der Waals surface area contributed by atoms with Crippen molar-refractivity contribution in [3.63, 3.8) is 0 Å². The van der Waals surface area contributed by atoms with Crippen LogP contribution in [0.2, 0.25) is 0 Å². The van der Waals surface area contributed by atoms with Gasteiger partial charge in [0.1, 0.15) is 12.2 Å². The van der Waals surface area contributed by atoms with E-state index in [1.165, 1.54) is 75.3 Å². The van der Waals surface area contributed by atoms with Crippen LogP contribution in [-0.2, 0) is 4.74 Å². The third-order valence-electron chi connectivity index (χ3n) is 6.03. The first-order valence-electron chi connectivity index (χ1n) is 12.1. The molecule has 0 aliphatic carbocycles. The number of benzene rings is 1. The second-order valence-electron chi connectivity index (χ2n) is 8.52. The molecule has 0 N–H and O–H groups in total. The molecule has 2 aliphatic rings. The van der Waals surface area contributed by atoms with E-state index in [0.717, 1.165) is 37.6 Å². The van der Waals surface area contributed by atoms with Gasteiger partial charge in [-0.1, -0.05) is 90.2 Å². The van der Waals surface area contributed by atoms with Gasteiger partial charge in [-0.15, -0.1) is 0 Å². The fraction of sp³-hybridized carbons (Fsp3) is 0.692. The minimum atomic E-state index is 0.0963. The van der Waals surface area contributed by atoms with E-state index in [2.05, 4.69) is 38.1 Å². The van der Waals surface area contributed by atoms with E-state index in [1.54, 1.807) is 0 Å². The molecule has 0 aromatic heterocycles.